The molecule has 28 heavy (non-hydrogen) atoms. The van der Waals surface area contributed by atoms with Gasteiger partial charge in [0.15, 0.2) is 11.5 Å². The number of para-hydroxylation sites is 2. The Balaban J connectivity index is 1.33. The molecule has 146 valence electrons. The lowest BCUT2D eigenvalue weighted by atomic mass is 9.95. The van der Waals surface area contributed by atoms with E-state index in [2.05, 4.69) is 10.6 Å². The average Bonchev–Trinajstić information content (AvgIpc) is 2.74. The van der Waals surface area contributed by atoms with Crippen LogP contribution in [0, 0.1) is 0 Å². The molecule has 1 fully saturated rings. The highest BCUT2D eigenvalue weighted by molar-refractivity contribution is 5.97. The summed E-state index contributed by atoms with van der Waals surface area (Å²) in [6, 6.07) is 14.4. The first kappa shape index (κ1) is 18.3. The molecule has 1 atom stereocenters. The Morgan fingerprint density at radius 3 is 2.36 bits per heavy atom. The van der Waals surface area contributed by atoms with E-state index in [0.29, 0.717) is 22.7 Å². The van der Waals surface area contributed by atoms with Crippen LogP contribution in [0.15, 0.2) is 48.5 Å². The summed E-state index contributed by atoms with van der Waals surface area (Å²) >= 11 is 0. The van der Waals surface area contributed by atoms with Gasteiger partial charge in [-0.15, -0.1) is 0 Å². The summed E-state index contributed by atoms with van der Waals surface area (Å²) in [4.78, 5) is 24.8. The van der Waals surface area contributed by atoms with Crippen LogP contribution in [-0.2, 0) is 4.79 Å². The van der Waals surface area contributed by atoms with Crippen molar-refractivity contribution in [2.75, 3.05) is 11.9 Å². The molecule has 0 unspecified atom stereocenters. The van der Waals surface area contributed by atoms with Crippen LogP contribution in [-0.4, -0.2) is 30.6 Å². The summed E-state index contributed by atoms with van der Waals surface area (Å²) in [6.45, 7) is 0.157. The lowest BCUT2D eigenvalue weighted by Gasteiger charge is -2.25. The van der Waals surface area contributed by atoms with Crippen molar-refractivity contribution in [1.82, 2.24) is 5.32 Å². The zero-order chi connectivity index (χ0) is 19.3. The smallest absolute Gasteiger partial charge is 0.269 e. The van der Waals surface area contributed by atoms with Gasteiger partial charge in [-0.2, -0.15) is 0 Å². The van der Waals surface area contributed by atoms with Crippen molar-refractivity contribution in [2.24, 2.45) is 0 Å². The quantitative estimate of drug-likeness (QED) is 0.851. The molecule has 2 aromatic rings. The van der Waals surface area contributed by atoms with E-state index in [0.717, 1.165) is 12.8 Å². The summed E-state index contributed by atoms with van der Waals surface area (Å²) < 4.78 is 11.3. The van der Waals surface area contributed by atoms with Gasteiger partial charge in [-0.05, 0) is 49.2 Å². The molecule has 1 saturated carbocycles. The number of hydrogen-bond donors (Lipinski definition) is 2. The number of rotatable bonds is 4. The molecule has 1 heterocycles. The number of carbonyl (C=O) groups is 2. The van der Waals surface area contributed by atoms with Crippen LogP contribution in [0.3, 0.4) is 0 Å². The first-order valence-corrected chi connectivity index (χ1v) is 9.79. The van der Waals surface area contributed by atoms with Crippen molar-refractivity contribution in [3.05, 3.63) is 54.1 Å². The molecular weight excluding hydrogens is 356 g/mol. The van der Waals surface area contributed by atoms with Gasteiger partial charge in [-0.1, -0.05) is 31.4 Å². The number of fused-ring (bicyclic) bond motifs is 1. The van der Waals surface area contributed by atoms with Gasteiger partial charge in [-0.25, -0.2) is 0 Å². The maximum atomic E-state index is 12.5. The van der Waals surface area contributed by atoms with Crippen LogP contribution in [0.2, 0.25) is 0 Å². The van der Waals surface area contributed by atoms with Crippen molar-refractivity contribution >= 4 is 17.5 Å². The molecule has 2 amide bonds. The van der Waals surface area contributed by atoms with Gasteiger partial charge in [0.2, 0.25) is 6.10 Å². The van der Waals surface area contributed by atoms with Gasteiger partial charge in [-0.3, -0.25) is 9.59 Å². The molecule has 0 bridgehead atoms. The van der Waals surface area contributed by atoms with Gasteiger partial charge in [0.25, 0.3) is 11.8 Å². The monoisotopic (exact) mass is 380 g/mol. The van der Waals surface area contributed by atoms with Crippen LogP contribution in [0.4, 0.5) is 5.69 Å². The molecule has 1 aliphatic heterocycles. The Kier molecular flexibility index (Phi) is 5.46. The molecule has 0 saturated heterocycles. The van der Waals surface area contributed by atoms with E-state index in [-0.39, 0.29) is 24.5 Å². The molecule has 6 heteroatoms. The Morgan fingerprint density at radius 2 is 1.61 bits per heavy atom. The number of ether oxygens (including phenoxy) is 2. The lowest BCUT2D eigenvalue weighted by molar-refractivity contribution is -0.125. The number of hydrogen-bond acceptors (Lipinski definition) is 4. The van der Waals surface area contributed by atoms with Gasteiger partial charge in [0, 0.05) is 17.3 Å². The van der Waals surface area contributed by atoms with Crippen LogP contribution < -0.4 is 20.1 Å². The molecule has 0 radical (unpaired) electrons. The fourth-order valence-corrected chi connectivity index (χ4v) is 3.59. The molecular formula is C22H24N2O4. The molecule has 2 aromatic carbocycles. The molecule has 0 aromatic heterocycles. The fourth-order valence-electron chi connectivity index (χ4n) is 3.59. The molecule has 1 aliphatic carbocycles. The number of benzene rings is 2. The van der Waals surface area contributed by atoms with Crippen molar-refractivity contribution in [3.63, 3.8) is 0 Å². The van der Waals surface area contributed by atoms with Gasteiger partial charge in [0.05, 0.1) is 0 Å². The van der Waals surface area contributed by atoms with Crippen LogP contribution in [0.1, 0.15) is 42.5 Å². The highest BCUT2D eigenvalue weighted by Crippen LogP contribution is 2.31. The van der Waals surface area contributed by atoms with Crippen LogP contribution in [0.25, 0.3) is 0 Å². The zero-order valence-corrected chi connectivity index (χ0v) is 15.6. The second-order valence-corrected chi connectivity index (χ2v) is 7.24. The van der Waals surface area contributed by atoms with Crippen molar-refractivity contribution in [3.8, 4) is 11.5 Å². The summed E-state index contributed by atoms with van der Waals surface area (Å²) in [5.74, 6) is 0.850. The highest BCUT2D eigenvalue weighted by atomic mass is 16.6. The summed E-state index contributed by atoms with van der Waals surface area (Å²) in [6.07, 6.45) is 4.98. The van der Waals surface area contributed by atoms with Crippen LogP contribution in [0.5, 0.6) is 11.5 Å². The number of carbonyl (C=O) groups excluding carboxylic acids is 2. The Labute approximate surface area is 164 Å². The Hall–Kier alpha value is -3.02. The maximum absolute atomic E-state index is 12.5. The van der Waals surface area contributed by atoms with Crippen molar-refractivity contribution in [2.45, 2.75) is 44.2 Å². The first-order chi connectivity index (χ1) is 13.7. The van der Waals surface area contributed by atoms with E-state index in [1.54, 1.807) is 36.4 Å². The normalized spacial score (nSPS) is 18.9. The minimum atomic E-state index is -0.718. The topological polar surface area (TPSA) is 76.7 Å². The predicted octanol–water partition coefficient (Wildman–Crippen LogP) is 3.53. The summed E-state index contributed by atoms with van der Waals surface area (Å²) in [5.41, 5.74) is 1.21. The molecule has 6 nitrogen and oxygen atoms in total. The minimum Gasteiger partial charge on any atom is -0.485 e. The molecule has 2 aliphatic rings. The van der Waals surface area contributed by atoms with E-state index >= 15 is 0 Å². The number of nitrogens with one attached hydrogen (secondary N) is 2. The minimum absolute atomic E-state index is 0.0644. The van der Waals surface area contributed by atoms with E-state index in [1.807, 2.05) is 12.1 Å². The van der Waals surface area contributed by atoms with Gasteiger partial charge >= 0.3 is 0 Å². The van der Waals surface area contributed by atoms with Crippen molar-refractivity contribution in [1.29, 1.82) is 0 Å². The average molecular weight is 380 g/mol. The van der Waals surface area contributed by atoms with Crippen molar-refractivity contribution < 1.29 is 19.1 Å². The fraction of sp³-hybridized carbons (Fsp3) is 0.364. The van der Waals surface area contributed by atoms with E-state index in [9.17, 15) is 9.59 Å². The third kappa shape index (κ3) is 4.27. The Morgan fingerprint density at radius 1 is 0.893 bits per heavy atom. The van der Waals surface area contributed by atoms with Gasteiger partial charge in [0.1, 0.15) is 6.61 Å². The van der Waals surface area contributed by atoms with E-state index < -0.39 is 6.10 Å². The highest BCUT2D eigenvalue weighted by Gasteiger charge is 2.27. The number of amides is 2. The Bertz CT molecular complexity index is 844. The first-order valence-electron chi connectivity index (χ1n) is 9.79. The second kappa shape index (κ2) is 8.33. The molecule has 4 rings (SSSR count). The SMILES string of the molecule is O=C(NC1CCCCC1)c1ccc(NC(=O)[C@H]2COc3ccccc3O2)cc1. The maximum Gasteiger partial charge on any atom is 0.269 e. The third-order valence-electron chi connectivity index (χ3n) is 5.16. The standard InChI is InChI=1S/C22H24N2O4/c25-21(23-16-6-2-1-3-7-16)15-10-12-17(13-11-15)24-22(26)20-14-27-18-8-4-5-9-19(18)28-20/h4-5,8-13,16,20H,1-3,6-7,14H2,(H,23,25)(H,24,26)/t20-/m1/s1. The number of anilines is 1. The molecule has 2 N–H and O–H groups in total. The summed E-state index contributed by atoms with van der Waals surface area (Å²) in [7, 11) is 0. The summed E-state index contributed by atoms with van der Waals surface area (Å²) in [5, 5.41) is 5.91. The van der Waals surface area contributed by atoms with Crippen LogP contribution >= 0.6 is 0 Å². The lowest BCUT2D eigenvalue weighted by Crippen LogP contribution is -2.40. The zero-order valence-electron chi connectivity index (χ0n) is 15.6. The largest absolute Gasteiger partial charge is 0.485 e. The predicted molar refractivity (Wildman–Crippen MR) is 106 cm³/mol. The second-order valence-electron chi connectivity index (χ2n) is 7.24. The van der Waals surface area contributed by atoms with Gasteiger partial charge < -0.3 is 20.1 Å². The molecule has 0 spiro atoms. The van der Waals surface area contributed by atoms with E-state index in [4.69, 9.17) is 9.47 Å². The van der Waals surface area contributed by atoms with E-state index in [1.165, 1.54) is 19.3 Å². The third-order valence-corrected chi connectivity index (χ3v) is 5.16.